The Balaban J connectivity index is 1.59. The number of fused-ring (bicyclic) bond motifs is 1. The first-order chi connectivity index (χ1) is 14.4. The summed E-state index contributed by atoms with van der Waals surface area (Å²) in [4.78, 5) is 7.21. The maximum absolute atomic E-state index is 11.8. The number of nitrogens with zero attached hydrogens (tertiary/aromatic N) is 2. The first kappa shape index (κ1) is 19.2. The molecule has 2 aromatic carbocycles. The van der Waals surface area contributed by atoms with Crippen molar-refractivity contribution in [3.63, 3.8) is 0 Å². The van der Waals surface area contributed by atoms with E-state index in [1.807, 2.05) is 42.5 Å². The largest absolute Gasteiger partial charge is 0.497 e. The molecule has 3 aromatic rings. The molecule has 2 saturated heterocycles. The van der Waals surface area contributed by atoms with Gasteiger partial charge in [0.2, 0.25) is 0 Å². The number of pyridine rings is 1. The highest BCUT2D eigenvalue weighted by Gasteiger charge is 2.52. The van der Waals surface area contributed by atoms with Crippen molar-refractivity contribution in [3.05, 3.63) is 48.5 Å². The molecule has 0 amide bonds. The second-order valence-corrected chi connectivity index (χ2v) is 10.4. The minimum atomic E-state index is -2.86. The van der Waals surface area contributed by atoms with Crippen molar-refractivity contribution in [1.82, 2.24) is 4.98 Å². The number of aromatic nitrogens is 1. The number of benzene rings is 2. The SMILES string of the molecule is COc1ccc(-c2cc(N3CCC4(C3)CS(=O)(=O)C4)c3ccc(OC)cc3n2)cc1. The highest BCUT2D eigenvalue weighted by molar-refractivity contribution is 7.92. The maximum atomic E-state index is 11.8. The highest BCUT2D eigenvalue weighted by Crippen LogP contribution is 2.44. The summed E-state index contributed by atoms with van der Waals surface area (Å²) in [5.74, 6) is 2.17. The van der Waals surface area contributed by atoms with Gasteiger partial charge in [0, 0.05) is 41.2 Å². The van der Waals surface area contributed by atoms with Crippen LogP contribution in [0.2, 0.25) is 0 Å². The lowest BCUT2D eigenvalue weighted by atomic mass is 9.91. The fourth-order valence-corrected chi connectivity index (χ4v) is 7.01. The molecule has 2 aliphatic heterocycles. The molecule has 2 fully saturated rings. The van der Waals surface area contributed by atoms with Crippen LogP contribution in [0.25, 0.3) is 22.2 Å². The van der Waals surface area contributed by atoms with Gasteiger partial charge in [-0.1, -0.05) is 0 Å². The molecule has 0 N–H and O–H groups in total. The number of ether oxygens (including phenoxy) is 2. The van der Waals surface area contributed by atoms with Crippen LogP contribution in [0.5, 0.6) is 11.5 Å². The van der Waals surface area contributed by atoms with Gasteiger partial charge in [-0.15, -0.1) is 0 Å². The fourth-order valence-electron chi connectivity index (χ4n) is 4.76. The van der Waals surface area contributed by atoms with Crippen molar-refractivity contribution in [2.45, 2.75) is 6.42 Å². The molecule has 1 spiro atoms. The number of anilines is 1. The maximum Gasteiger partial charge on any atom is 0.151 e. The lowest BCUT2D eigenvalue weighted by Crippen LogP contribution is -2.50. The van der Waals surface area contributed by atoms with Gasteiger partial charge in [-0.05, 0) is 48.9 Å². The Hall–Kier alpha value is -2.80. The number of sulfone groups is 1. The molecule has 0 radical (unpaired) electrons. The van der Waals surface area contributed by atoms with Crippen molar-refractivity contribution in [2.75, 3.05) is 43.7 Å². The summed E-state index contributed by atoms with van der Waals surface area (Å²) in [5.41, 5.74) is 3.73. The molecule has 7 heteroatoms. The van der Waals surface area contributed by atoms with E-state index in [-0.39, 0.29) is 5.41 Å². The number of hydrogen-bond acceptors (Lipinski definition) is 6. The molecule has 3 heterocycles. The van der Waals surface area contributed by atoms with Crippen LogP contribution < -0.4 is 14.4 Å². The molecule has 6 nitrogen and oxygen atoms in total. The molecule has 30 heavy (non-hydrogen) atoms. The van der Waals surface area contributed by atoms with E-state index in [2.05, 4.69) is 11.0 Å². The molecule has 156 valence electrons. The van der Waals surface area contributed by atoms with Crippen molar-refractivity contribution < 1.29 is 17.9 Å². The summed E-state index contributed by atoms with van der Waals surface area (Å²) in [6.45, 7) is 1.61. The molecule has 5 rings (SSSR count). The van der Waals surface area contributed by atoms with E-state index in [1.54, 1.807) is 14.2 Å². The van der Waals surface area contributed by atoms with Crippen LogP contribution >= 0.6 is 0 Å². The smallest absolute Gasteiger partial charge is 0.151 e. The molecular formula is C23H24N2O4S. The predicted molar refractivity (Wildman–Crippen MR) is 118 cm³/mol. The number of rotatable bonds is 4. The standard InChI is InChI=1S/C23H24N2O4S/c1-28-17-5-3-16(4-6-17)20-12-22(19-8-7-18(29-2)11-21(19)24-20)25-10-9-23(13-25)14-30(26,27)15-23/h3-8,11-12H,9-10,13-15H2,1-2H3. The van der Waals surface area contributed by atoms with Gasteiger partial charge >= 0.3 is 0 Å². The van der Waals surface area contributed by atoms with Gasteiger partial charge in [0.15, 0.2) is 9.84 Å². The van der Waals surface area contributed by atoms with E-state index in [9.17, 15) is 8.42 Å². The van der Waals surface area contributed by atoms with Crippen molar-refractivity contribution in [1.29, 1.82) is 0 Å². The highest BCUT2D eigenvalue weighted by atomic mass is 32.2. The molecule has 1 aromatic heterocycles. The summed E-state index contributed by atoms with van der Waals surface area (Å²) in [6, 6.07) is 15.9. The van der Waals surface area contributed by atoms with Gasteiger partial charge in [0.1, 0.15) is 11.5 Å². The third-order valence-corrected chi connectivity index (χ3v) is 8.32. The van der Waals surface area contributed by atoms with Gasteiger partial charge < -0.3 is 14.4 Å². The van der Waals surface area contributed by atoms with E-state index in [4.69, 9.17) is 14.5 Å². The van der Waals surface area contributed by atoms with E-state index in [1.165, 1.54) is 0 Å². The zero-order chi connectivity index (χ0) is 20.9. The summed E-state index contributed by atoms with van der Waals surface area (Å²) in [5, 5.41) is 1.05. The first-order valence-corrected chi connectivity index (χ1v) is 11.8. The van der Waals surface area contributed by atoms with E-state index >= 15 is 0 Å². The van der Waals surface area contributed by atoms with Gasteiger partial charge in [0.05, 0.1) is 36.9 Å². The lowest BCUT2D eigenvalue weighted by Gasteiger charge is -2.37. The van der Waals surface area contributed by atoms with E-state index < -0.39 is 9.84 Å². The fraction of sp³-hybridized carbons (Fsp3) is 0.348. The second-order valence-electron chi connectivity index (χ2n) is 8.34. The average Bonchev–Trinajstić information content (AvgIpc) is 3.15. The lowest BCUT2D eigenvalue weighted by molar-refractivity contribution is 0.374. The topological polar surface area (TPSA) is 68.7 Å². The Morgan fingerprint density at radius 1 is 0.967 bits per heavy atom. The van der Waals surface area contributed by atoms with Crippen LogP contribution in [-0.4, -0.2) is 52.2 Å². The van der Waals surface area contributed by atoms with Crippen LogP contribution in [0.15, 0.2) is 48.5 Å². The Bertz CT molecular complexity index is 1210. The van der Waals surface area contributed by atoms with Crippen LogP contribution in [0.4, 0.5) is 5.69 Å². The molecule has 0 atom stereocenters. The molecular weight excluding hydrogens is 400 g/mol. The molecule has 2 aliphatic rings. The Morgan fingerprint density at radius 2 is 1.67 bits per heavy atom. The third kappa shape index (κ3) is 3.27. The van der Waals surface area contributed by atoms with E-state index in [0.29, 0.717) is 11.5 Å². The van der Waals surface area contributed by atoms with Gasteiger partial charge in [-0.2, -0.15) is 0 Å². The molecule has 0 unspecified atom stereocenters. The summed E-state index contributed by atoms with van der Waals surface area (Å²) in [7, 11) is 0.444. The average molecular weight is 425 g/mol. The zero-order valence-electron chi connectivity index (χ0n) is 17.1. The first-order valence-electron chi connectivity index (χ1n) is 9.99. The van der Waals surface area contributed by atoms with Crippen LogP contribution in [0.1, 0.15) is 6.42 Å². The third-order valence-electron chi connectivity index (χ3n) is 6.21. The van der Waals surface area contributed by atoms with Crippen molar-refractivity contribution >= 4 is 26.4 Å². The molecule has 0 saturated carbocycles. The monoisotopic (exact) mass is 424 g/mol. The second kappa shape index (κ2) is 6.87. The molecule has 0 bridgehead atoms. The van der Waals surface area contributed by atoms with E-state index in [0.717, 1.165) is 58.9 Å². The minimum absolute atomic E-state index is 0.0961. The Morgan fingerprint density at radius 3 is 2.33 bits per heavy atom. The zero-order valence-corrected chi connectivity index (χ0v) is 17.9. The predicted octanol–water partition coefficient (Wildman–Crippen LogP) is 3.54. The Kier molecular flexibility index (Phi) is 4.39. The Labute approximate surface area is 176 Å². The normalized spacial score (nSPS) is 19.1. The van der Waals surface area contributed by atoms with Gasteiger partial charge in [-0.25, -0.2) is 13.4 Å². The van der Waals surface area contributed by atoms with Crippen LogP contribution in [0.3, 0.4) is 0 Å². The summed E-state index contributed by atoms with van der Waals surface area (Å²) >= 11 is 0. The summed E-state index contributed by atoms with van der Waals surface area (Å²) in [6.07, 6.45) is 0.907. The quantitative estimate of drug-likeness (QED) is 0.638. The van der Waals surface area contributed by atoms with Gasteiger partial charge in [0.25, 0.3) is 0 Å². The van der Waals surface area contributed by atoms with Crippen LogP contribution in [-0.2, 0) is 9.84 Å². The minimum Gasteiger partial charge on any atom is -0.497 e. The number of methoxy groups -OCH3 is 2. The summed E-state index contributed by atoms with van der Waals surface area (Å²) < 4.78 is 34.3. The van der Waals surface area contributed by atoms with Crippen molar-refractivity contribution in [2.24, 2.45) is 5.41 Å². The molecule has 0 aliphatic carbocycles. The van der Waals surface area contributed by atoms with Gasteiger partial charge in [-0.3, -0.25) is 0 Å². The van der Waals surface area contributed by atoms with Crippen molar-refractivity contribution in [3.8, 4) is 22.8 Å². The van der Waals surface area contributed by atoms with Crippen LogP contribution in [0, 0.1) is 5.41 Å². The number of hydrogen-bond donors (Lipinski definition) is 0.